The molecule has 0 atom stereocenters. The Balaban J connectivity index is 2.36. The van der Waals surface area contributed by atoms with Gasteiger partial charge in [0, 0.05) is 11.4 Å². The Morgan fingerprint density at radius 3 is 2.61 bits per heavy atom. The van der Waals surface area contributed by atoms with E-state index in [2.05, 4.69) is 5.32 Å². The lowest BCUT2D eigenvalue weighted by molar-refractivity contribution is 0.594. The van der Waals surface area contributed by atoms with Crippen LogP contribution in [0, 0.1) is 12.7 Å². The lowest BCUT2D eigenvalue weighted by Crippen LogP contribution is -2.06. The lowest BCUT2D eigenvalue weighted by Gasteiger charge is -2.11. The third-order valence-electron chi connectivity index (χ3n) is 2.72. The number of hydrogen-bond donors (Lipinski definition) is 1. The maximum atomic E-state index is 13.9. The molecular weight excluding hydrogens is 245 g/mol. The zero-order valence-corrected chi connectivity index (χ0v) is 11.4. The number of rotatable bonds is 4. The molecule has 0 aliphatic rings. The average molecular weight is 261 g/mol. The minimum absolute atomic E-state index is 0.156. The van der Waals surface area contributed by atoms with Crippen LogP contribution in [0.5, 0.6) is 0 Å². The maximum absolute atomic E-state index is 13.9. The van der Waals surface area contributed by atoms with Crippen molar-refractivity contribution < 1.29 is 4.39 Å². The van der Waals surface area contributed by atoms with Gasteiger partial charge in [-0.25, -0.2) is 4.39 Å². The Morgan fingerprint density at radius 2 is 1.89 bits per heavy atom. The summed E-state index contributed by atoms with van der Waals surface area (Å²) >= 11 is 1.49. The second-order valence-corrected chi connectivity index (χ2v) is 5.18. The normalized spacial score (nSPS) is 10.6. The van der Waals surface area contributed by atoms with Crippen LogP contribution in [0.4, 0.5) is 4.39 Å². The van der Waals surface area contributed by atoms with Gasteiger partial charge in [0.1, 0.15) is 5.82 Å². The van der Waals surface area contributed by atoms with Crippen molar-refractivity contribution in [2.24, 2.45) is 0 Å². The summed E-state index contributed by atoms with van der Waals surface area (Å²) in [6.07, 6.45) is 0. The molecule has 0 aromatic heterocycles. The summed E-state index contributed by atoms with van der Waals surface area (Å²) in [5.74, 6) is -0.156. The van der Waals surface area contributed by atoms with Gasteiger partial charge in [-0.1, -0.05) is 42.1 Å². The molecule has 0 aliphatic carbocycles. The van der Waals surface area contributed by atoms with Crippen LogP contribution < -0.4 is 5.32 Å². The molecule has 0 saturated heterocycles. The highest BCUT2D eigenvalue weighted by Crippen LogP contribution is 2.34. The van der Waals surface area contributed by atoms with Crippen LogP contribution in [-0.2, 0) is 6.54 Å². The van der Waals surface area contributed by atoms with Gasteiger partial charge in [0.15, 0.2) is 0 Å². The third kappa shape index (κ3) is 2.92. The summed E-state index contributed by atoms with van der Waals surface area (Å²) < 4.78 is 13.9. The average Bonchev–Trinajstić information content (AvgIpc) is 2.36. The van der Waals surface area contributed by atoms with Crippen LogP contribution >= 0.6 is 11.8 Å². The Bertz CT molecular complexity index is 540. The molecule has 1 N–H and O–H groups in total. The van der Waals surface area contributed by atoms with Gasteiger partial charge >= 0.3 is 0 Å². The molecule has 0 radical (unpaired) electrons. The van der Waals surface area contributed by atoms with Gasteiger partial charge in [0.05, 0.1) is 4.90 Å². The van der Waals surface area contributed by atoms with E-state index in [4.69, 9.17) is 0 Å². The largest absolute Gasteiger partial charge is 0.316 e. The molecular formula is C15H16FNS. The summed E-state index contributed by atoms with van der Waals surface area (Å²) in [7, 11) is 1.87. The van der Waals surface area contributed by atoms with Crippen molar-refractivity contribution in [1.82, 2.24) is 5.32 Å². The minimum Gasteiger partial charge on any atom is -0.316 e. The summed E-state index contributed by atoms with van der Waals surface area (Å²) in [5, 5.41) is 3.07. The lowest BCUT2D eigenvalue weighted by atomic mass is 10.2. The Labute approximate surface area is 111 Å². The molecule has 0 amide bonds. The standard InChI is InChI=1S/C15H16FNS/c1-11-6-3-4-9-14(11)18-15-12(10-17-2)7-5-8-13(15)16/h3-9,17H,10H2,1-2H3. The molecule has 2 rings (SSSR count). The van der Waals surface area contributed by atoms with Gasteiger partial charge in [-0.15, -0.1) is 0 Å². The SMILES string of the molecule is CNCc1cccc(F)c1Sc1ccccc1C. The molecule has 0 fully saturated rings. The second kappa shape index (κ2) is 6.03. The molecule has 1 nitrogen and oxygen atoms in total. The van der Waals surface area contributed by atoms with Gasteiger partial charge in [-0.05, 0) is 37.2 Å². The Morgan fingerprint density at radius 1 is 1.11 bits per heavy atom. The van der Waals surface area contributed by atoms with Gasteiger partial charge in [-0.3, -0.25) is 0 Å². The zero-order chi connectivity index (χ0) is 13.0. The minimum atomic E-state index is -0.156. The number of hydrogen-bond acceptors (Lipinski definition) is 2. The molecule has 94 valence electrons. The molecule has 0 bridgehead atoms. The van der Waals surface area contributed by atoms with Crippen molar-refractivity contribution in [1.29, 1.82) is 0 Å². The third-order valence-corrected chi connectivity index (χ3v) is 4.06. The number of nitrogens with one attached hydrogen (secondary N) is 1. The van der Waals surface area contributed by atoms with Crippen molar-refractivity contribution in [3.63, 3.8) is 0 Å². The van der Waals surface area contributed by atoms with Crippen molar-refractivity contribution >= 4 is 11.8 Å². The van der Waals surface area contributed by atoms with Crippen molar-refractivity contribution in [2.45, 2.75) is 23.3 Å². The van der Waals surface area contributed by atoms with E-state index < -0.39 is 0 Å². The fourth-order valence-corrected chi connectivity index (χ4v) is 2.81. The molecule has 0 saturated carbocycles. The monoisotopic (exact) mass is 261 g/mol. The number of halogens is 1. The van der Waals surface area contributed by atoms with Crippen LogP contribution in [0.1, 0.15) is 11.1 Å². The first-order valence-corrected chi connectivity index (χ1v) is 6.69. The highest BCUT2D eigenvalue weighted by molar-refractivity contribution is 7.99. The van der Waals surface area contributed by atoms with Crippen LogP contribution in [-0.4, -0.2) is 7.05 Å². The highest BCUT2D eigenvalue weighted by atomic mass is 32.2. The summed E-state index contributed by atoms with van der Waals surface area (Å²) in [4.78, 5) is 1.81. The molecule has 3 heteroatoms. The molecule has 0 spiro atoms. The topological polar surface area (TPSA) is 12.0 Å². The molecule has 0 aliphatic heterocycles. The summed E-state index contributed by atoms with van der Waals surface area (Å²) in [6, 6.07) is 13.3. The van der Waals surface area contributed by atoms with E-state index >= 15 is 0 Å². The molecule has 2 aromatic carbocycles. The smallest absolute Gasteiger partial charge is 0.137 e. The van der Waals surface area contributed by atoms with Crippen molar-refractivity contribution in [3.05, 3.63) is 59.4 Å². The number of benzene rings is 2. The Kier molecular flexibility index (Phi) is 4.39. The van der Waals surface area contributed by atoms with Gasteiger partial charge in [-0.2, -0.15) is 0 Å². The van der Waals surface area contributed by atoms with Crippen LogP contribution in [0.3, 0.4) is 0 Å². The molecule has 0 heterocycles. The predicted octanol–water partition coefficient (Wildman–Crippen LogP) is 4.00. The first kappa shape index (κ1) is 13.1. The first-order chi connectivity index (χ1) is 8.72. The summed E-state index contributed by atoms with van der Waals surface area (Å²) in [5.41, 5.74) is 2.16. The quantitative estimate of drug-likeness (QED) is 0.892. The Hall–Kier alpha value is -1.32. The molecule has 18 heavy (non-hydrogen) atoms. The number of aryl methyl sites for hydroxylation is 1. The van der Waals surface area contributed by atoms with E-state index in [0.29, 0.717) is 11.4 Å². The van der Waals surface area contributed by atoms with Gasteiger partial charge in [0.25, 0.3) is 0 Å². The van der Waals surface area contributed by atoms with Crippen LogP contribution in [0.2, 0.25) is 0 Å². The van der Waals surface area contributed by atoms with Crippen molar-refractivity contribution in [3.8, 4) is 0 Å². The van der Waals surface area contributed by atoms with E-state index in [0.717, 1.165) is 10.5 Å². The van der Waals surface area contributed by atoms with E-state index in [9.17, 15) is 4.39 Å². The van der Waals surface area contributed by atoms with Crippen LogP contribution in [0.25, 0.3) is 0 Å². The van der Waals surface area contributed by atoms with Crippen molar-refractivity contribution in [2.75, 3.05) is 7.05 Å². The van der Waals surface area contributed by atoms with Gasteiger partial charge in [0.2, 0.25) is 0 Å². The fourth-order valence-electron chi connectivity index (χ4n) is 1.78. The van der Waals surface area contributed by atoms with E-state index in [-0.39, 0.29) is 5.82 Å². The van der Waals surface area contributed by atoms with E-state index in [1.165, 1.54) is 23.4 Å². The molecule has 0 unspecified atom stereocenters. The fraction of sp³-hybridized carbons (Fsp3) is 0.200. The zero-order valence-electron chi connectivity index (χ0n) is 10.5. The highest BCUT2D eigenvalue weighted by Gasteiger charge is 2.10. The molecule has 2 aromatic rings. The van der Waals surface area contributed by atoms with E-state index in [1.54, 1.807) is 6.07 Å². The van der Waals surface area contributed by atoms with Gasteiger partial charge < -0.3 is 5.32 Å². The first-order valence-electron chi connectivity index (χ1n) is 5.88. The summed E-state index contributed by atoms with van der Waals surface area (Å²) in [6.45, 7) is 2.72. The van der Waals surface area contributed by atoms with E-state index in [1.807, 2.05) is 44.3 Å². The predicted molar refractivity (Wildman–Crippen MR) is 74.5 cm³/mol. The second-order valence-electron chi connectivity index (χ2n) is 4.13. The maximum Gasteiger partial charge on any atom is 0.137 e. The van der Waals surface area contributed by atoms with Crippen LogP contribution in [0.15, 0.2) is 52.3 Å².